The van der Waals surface area contributed by atoms with Crippen LogP contribution in [-0.2, 0) is 5.60 Å². The quantitative estimate of drug-likeness (QED) is 0.682. The van der Waals surface area contributed by atoms with Crippen LogP contribution in [0.2, 0.25) is 0 Å². The minimum Gasteiger partial charge on any atom is -0.385 e. The third-order valence-electron chi connectivity index (χ3n) is 2.50. The second-order valence-corrected chi connectivity index (χ2v) is 4.59. The zero-order chi connectivity index (χ0) is 8.06. The summed E-state index contributed by atoms with van der Waals surface area (Å²) in [5, 5.41) is 12.0. The van der Waals surface area contributed by atoms with E-state index in [2.05, 4.69) is 25.3 Å². The highest BCUT2D eigenvalue weighted by atomic mass is 32.1. The van der Waals surface area contributed by atoms with E-state index in [-0.39, 0.29) is 0 Å². The van der Waals surface area contributed by atoms with Crippen LogP contribution in [0.4, 0.5) is 0 Å². The molecule has 1 nitrogen and oxygen atoms in total. The van der Waals surface area contributed by atoms with Gasteiger partial charge in [0, 0.05) is 4.88 Å². The van der Waals surface area contributed by atoms with E-state index in [1.54, 1.807) is 11.3 Å². The number of aryl methyl sites for hydroxylation is 1. The SMILES string of the molecule is Cc1cc(C2(O)CC2C)cs1. The molecule has 1 aromatic heterocycles. The second-order valence-electron chi connectivity index (χ2n) is 3.48. The standard InChI is InChI=1S/C9H12OS/c1-6-4-9(6,10)8-3-7(2)11-5-8/h3,5-6,10H,4H2,1-2H3. The van der Waals surface area contributed by atoms with Crippen LogP contribution >= 0.6 is 11.3 Å². The van der Waals surface area contributed by atoms with Gasteiger partial charge in [0.2, 0.25) is 0 Å². The van der Waals surface area contributed by atoms with Crippen LogP contribution in [0.1, 0.15) is 23.8 Å². The first kappa shape index (κ1) is 7.32. The molecule has 1 aliphatic carbocycles. The molecule has 0 spiro atoms. The topological polar surface area (TPSA) is 20.2 Å². The van der Waals surface area contributed by atoms with Gasteiger partial charge in [0.15, 0.2) is 0 Å². The van der Waals surface area contributed by atoms with E-state index in [0.717, 1.165) is 12.0 Å². The molecule has 1 fully saturated rings. The second kappa shape index (κ2) is 2.08. The lowest BCUT2D eigenvalue weighted by Crippen LogP contribution is -2.05. The summed E-state index contributed by atoms with van der Waals surface area (Å²) in [5.41, 5.74) is 0.651. The molecule has 1 N–H and O–H groups in total. The first-order valence-electron chi connectivity index (χ1n) is 3.91. The molecule has 60 valence electrons. The summed E-state index contributed by atoms with van der Waals surface area (Å²) >= 11 is 1.71. The van der Waals surface area contributed by atoms with Crippen molar-refractivity contribution in [3.8, 4) is 0 Å². The monoisotopic (exact) mass is 168 g/mol. The van der Waals surface area contributed by atoms with Crippen LogP contribution in [0.5, 0.6) is 0 Å². The predicted molar refractivity (Wildman–Crippen MR) is 46.7 cm³/mol. The summed E-state index contributed by atoms with van der Waals surface area (Å²) < 4.78 is 0. The minimum absolute atomic E-state index is 0.455. The molecule has 2 rings (SSSR count). The van der Waals surface area contributed by atoms with Crippen LogP contribution in [0.25, 0.3) is 0 Å². The maximum Gasteiger partial charge on any atom is 0.0934 e. The molecule has 0 bridgehead atoms. The van der Waals surface area contributed by atoms with Crippen LogP contribution in [0.3, 0.4) is 0 Å². The van der Waals surface area contributed by atoms with E-state index in [1.165, 1.54) is 4.88 Å². The van der Waals surface area contributed by atoms with Crippen LogP contribution in [0, 0.1) is 12.8 Å². The first-order valence-corrected chi connectivity index (χ1v) is 4.79. The Kier molecular flexibility index (Phi) is 1.38. The molecule has 1 heterocycles. The van der Waals surface area contributed by atoms with Crippen molar-refractivity contribution in [2.45, 2.75) is 25.9 Å². The Bertz CT molecular complexity index is 279. The molecule has 1 aromatic rings. The van der Waals surface area contributed by atoms with Crippen molar-refractivity contribution < 1.29 is 5.11 Å². The van der Waals surface area contributed by atoms with Crippen molar-refractivity contribution >= 4 is 11.3 Å². The zero-order valence-corrected chi connectivity index (χ0v) is 7.61. The Balaban J connectivity index is 2.31. The number of hydrogen-bond donors (Lipinski definition) is 1. The third kappa shape index (κ3) is 1.01. The minimum atomic E-state index is -0.467. The Labute approximate surface area is 70.7 Å². The van der Waals surface area contributed by atoms with Gasteiger partial charge in [-0.1, -0.05) is 6.92 Å². The lowest BCUT2D eigenvalue weighted by Gasteiger charge is -2.04. The average molecular weight is 168 g/mol. The summed E-state index contributed by atoms with van der Waals surface area (Å²) in [6.45, 7) is 4.16. The fourth-order valence-electron chi connectivity index (χ4n) is 1.48. The molecule has 0 radical (unpaired) electrons. The van der Waals surface area contributed by atoms with Crippen molar-refractivity contribution in [2.24, 2.45) is 5.92 Å². The highest BCUT2D eigenvalue weighted by Crippen LogP contribution is 2.52. The van der Waals surface area contributed by atoms with Gasteiger partial charge in [0.05, 0.1) is 5.60 Å². The molecule has 0 amide bonds. The van der Waals surface area contributed by atoms with E-state index in [1.807, 2.05) is 0 Å². The zero-order valence-electron chi connectivity index (χ0n) is 6.79. The number of hydrogen-bond acceptors (Lipinski definition) is 2. The largest absolute Gasteiger partial charge is 0.385 e. The Morgan fingerprint density at radius 2 is 2.36 bits per heavy atom. The van der Waals surface area contributed by atoms with Gasteiger partial charge >= 0.3 is 0 Å². The summed E-state index contributed by atoms with van der Waals surface area (Å²) in [4.78, 5) is 1.28. The van der Waals surface area contributed by atoms with Crippen LogP contribution in [0.15, 0.2) is 11.4 Å². The van der Waals surface area contributed by atoms with Gasteiger partial charge in [0.1, 0.15) is 0 Å². The number of rotatable bonds is 1. The van der Waals surface area contributed by atoms with Crippen molar-refractivity contribution in [1.82, 2.24) is 0 Å². The lowest BCUT2D eigenvalue weighted by atomic mass is 10.1. The molecule has 0 aliphatic heterocycles. The highest BCUT2D eigenvalue weighted by molar-refractivity contribution is 7.10. The maximum atomic E-state index is 9.89. The normalized spacial score (nSPS) is 35.7. The Hall–Kier alpha value is -0.340. The van der Waals surface area contributed by atoms with E-state index >= 15 is 0 Å². The third-order valence-corrected chi connectivity index (χ3v) is 3.36. The molecule has 0 aromatic carbocycles. The van der Waals surface area contributed by atoms with Crippen LogP contribution in [-0.4, -0.2) is 5.11 Å². The van der Waals surface area contributed by atoms with Crippen molar-refractivity contribution in [2.75, 3.05) is 0 Å². The van der Waals surface area contributed by atoms with Crippen molar-refractivity contribution in [1.29, 1.82) is 0 Å². The van der Waals surface area contributed by atoms with Gasteiger partial charge in [-0.25, -0.2) is 0 Å². The summed E-state index contributed by atoms with van der Waals surface area (Å²) in [5.74, 6) is 0.455. The molecule has 2 heteroatoms. The van der Waals surface area contributed by atoms with E-state index in [0.29, 0.717) is 5.92 Å². The first-order chi connectivity index (χ1) is 5.13. The smallest absolute Gasteiger partial charge is 0.0934 e. The highest BCUT2D eigenvalue weighted by Gasteiger charge is 2.51. The van der Waals surface area contributed by atoms with Crippen molar-refractivity contribution in [3.63, 3.8) is 0 Å². The molecular formula is C9H12OS. The molecule has 0 saturated heterocycles. The van der Waals surface area contributed by atoms with Crippen LogP contribution < -0.4 is 0 Å². The average Bonchev–Trinajstić information content (AvgIpc) is 2.44. The van der Waals surface area contributed by atoms with Gasteiger partial charge in [-0.2, -0.15) is 0 Å². The molecule has 11 heavy (non-hydrogen) atoms. The molecular weight excluding hydrogens is 156 g/mol. The lowest BCUT2D eigenvalue weighted by molar-refractivity contribution is 0.135. The molecule has 2 atom stereocenters. The van der Waals surface area contributed by atoms with Crippen molar-refractivity contribution in [3.05, 3.63) is 21.9 Å². The summed E-state index contributed by atoms with van der Waals surface area (Å²) in [6.07, 6.45) is 0.934. The molecule has 2 unspecified atom stereocenters. The van der Waals surface area contributed by atoms with E-state index in [9.17, 15) is 5.11 Å². The molecule has 1 saturated carbocycles. The summed E-state index contributed by atoms with van der Waals surface area (Å²) in [7, 11) is 0. The van der Waals surface area contributed by atoms with Gasteiger partial charge in [0.25, 0.3) is 0 Å². The fourth-order valence-corrected chi connectivity index (χ4v) is 2.26. The Morgan fingerprint density at radius 3 is 2.73 bits per heavy atom. The van der Waals surface area contributed by atoms with E-state index in [4.69, 9.17) is 0 Å². The maximum absolute atomic E-state index is 9.89. The van der Waals surface area contributed by atoms with Gasteiger partial charge in [-0.15, -0.1) is 11.3 Å². The molecule has 1 aliphatic rings. The van der Waals surface area contributed by atoms with Gasteiger partial charge in [-0.3, -0.25) is 0 Å². The predicted octanol–water partition coefficient (Wildman–Crippen LogP) is 2.28. The van der Waals surface area contributed by atoms with Gasteiger partial charge in [-0.05, 0) is 36.3 Å². The fraction of sp³-hybridized carbons (Fsp3) is 0.556. The summed E-state index contributed by atoms with van der Waals surface area (Å²) in [6, 6.07) is 2.09. The number of thiophene rings is 1. The number of aliphatic hydroxyl groups is 1. The Morgan fingerprint density at radius 1 is 1.73 bits per heavy atom. The van der Waals surface area contributed by atoms with E-state index < -0.39 is 5.60 Å². The van der Waals surface area contributed by atoms with Gasteiger partial charge < -0.3 is 5.11 Å².